The number of ether oxygens (including phenoxy) is 2. The summed E-state index contributed by atoms with van der Waals surface area (Å²) in [4.78, 5) is 0. The minimum atomic E-state index is -0.257. The zero-order valence-electron chi connectivity index (χ0n) is 17.0. The molecule has 0 heterocycles. The molecule has 0 aliphatic rings. The van der Waals surface area contributed by atoms with Crippen LogP contribution < -0.4 is 4.74 Å². The lowest BCUT2D eigenvalue weighted by atomic mass is 9.80. The van der Waals surface area contributed by atoms with Crippen molar-refractivity contribution >= 4 is 0 Å². The molecule has 0 radical (unpaired) electrons. The molecule has 26 heavy (non-hydrogen) atoms. The average molecular weight is 358 g/mol. The van der Waals surface area contributed by atoms with Crippen molar-refractivity contribution in [1.29, 1.82) is 0 Å². The number of benzene rings is 2. The van der Waals surface area contributed by atoms with Gasteiger partial charge >= 0.3 is 0 Å². The van der Waals surface area contributed by atoms with Crippen molar-refractivity contribution in [3.8, 4) is 16.9 Å². The lowest BCUT2D eigenvalue weighted by Crippen LogP contribution is -2.21. The third kappa shape index (κ3) is 4.64. The van der Waals surface area contributed by atoms with E-state index in [4.69, 9.17) is 9.47 Å². The molecule has 0 unspecified atom stereocenters. The summed E-state index contributed by atoms with van der Waals surface area (Å²) in [5, 5.41) is 0. The van der Waals surface area contributed by atoms with E-state index in [1.54, 1.807) is 26.4 Å². The van der Waals surface area contributed by atoms with Gasteiger partial charge in [0.1, 0.15) is 11.6 Å². The molecule has 2 nitrogen and oxygen atoms in total. The summed E-state index contributed by atoms with van der Waals surface area (Å²) in [6.07, 6.45) is 0.837. The van der Waals surface area contributed by atoms with E-state index in [2.05, 4.69) is 46.8 Å². The van der Waals surface area contributed by atoms with E-state index in [0.717, 1.165) is 17.5 Å². The first kappa shape index (κ1) is 20.4. The van der Waals surface area contributed by atoms with Gasteiger partial charge in [0.25, 0.3) is 0 Å². The quantitative estimate of drug-likeness (QED) is 0.592. The molecule has 2 rings (SSSR count). The molecule has 0 saturated carbocycles. The van der Waals surface area contributed by atoms with Gasteiger partial charge in [-0.3, -0.25) is 0 Å². The van der Waals surface area contributed by atoms with E-state index in [9.17, 15) is 4.39 Å². The first-order valence-corrected chi connectivity index (χ1v) is 9.17. The van der Waals surface area contributed by atoms with Crippen molar-refractivity contribution in [3.63, 3.8) is 0 Å². The maximum absolute atomic E-state index is 14.6. The van der Waals surface area contributed by atoms with Crippen molar-refractivity contribution in [1.82, 2.24) is 0 Å². The lowest BCUT2D eigenvalue weighted by molar-refractivity contribution is 0.0155. The van der Waals surface area contributed by atoms with Crippen molar-refractivity contribution in [2.45, 2.75) is 47.1 Å². The molecule has 0 bridgehead atoms. The van der Waals surface area contributed by atoms with Gasteiger partial charge in [-0.2, -0.15) is 0 Å². The Hall–Kier alpha value is -1.87. The summed E-state index contributed by atoms with van der Waals surface area (Å²) >= 11 is 0. The van der Waals surface area contributed by atoms with Crippen LogP contribution in [0.15, 0.2) is 36.4 Å². The van der Waals surface area contributed by atoms with E-state index in [1.165, 1.54) is 11.6 Å². The SMILES string of the molecule is COc1ccc(F)c(-c2ccc(CC(C)C)cc2[C@@H](OC)C(C)(C)C)c1. The number of rotatable bonds is 6. The van der Waals surface area contributed by atoms with E-state index < -0.39 is 0 Å². The van der Waals surface area contributed by atoms with Gasteiger partial charge in [-0.25, -0.2) is 4.39 Å². The zero-order chi connectivity index (χ0) is 19.5. The van der Waals surface area contributed by atoms with E-state index in [-0.39, 0.29) is 17.3 Å². The van der Waals surface area contributed by atoms with Gasteiger partial charge < -0.3 is 9.47 Å². The van der Waals surface area contributed by atoms with Crippen LogP contribution in [0.3, 0.4) is 0 Å². The second-order valence-corrected chi connectivity index (χ2v) is 8.35. The average Bonchev–Trinajstić information content (AvgIpc) is 2.55. The van der Waals surface area contributed by atoms with Crippen LogP contribution in [0.5, 0.6) is 5.75 Å². The monoisotopic (exact) mass is 358 g/mol. The van der Waals surface area contributed by atoms with Crippen LogP contribution in [0.2, 0.25) is 0 Å². The van der Waals surface area contributed by atoms with Gasteiger partial charge in [-0.1, -0.05) is 52.8 Å². The van der Waals surface area contributed by atoms with E-state index in [0.29, 0.717) is 17.2 Å². The highest BCUT2D eigenvalue weighted by Crippen LogP contribution is 2.42. The molecule has 0 aliphatic heterocycles. The summed E-state index contributed by atoms with van der Waals surface area (Å²) in [7, 11) is 3.31. The Morgan fingerprint density at radius 2 is 1.65 bits per heavy atom. The standard InChI is InChI=1S/C23H31FO2/c1-15(2)12-16-8-10-18(19-14-17(25-6)9-11-21(19)24)20(13-16)22(26-7)23(3,4)5/h8-11,13-15,22H,12H2,1-7H3/t22-/m1/s1. The van der Waals surface area contributed by atoms with Crippen molar-refractivity contribution in [3.05, 3.63) is 53.3 Å². The summed E-state index contributed by atoms with van der Waals surface area (Å²) < 4.78 is 25.8. The Labute approximate surface area is 157 Å². The Balaban J connectivity index is 2.69. The molecule has 0 aliphatic carbocycles. The fourth-order valence-electron chi connectivity index (χ4n) is 3.46. The molecule has 0 fully saturated rings. The highest BCUT2D eigenvalue weighted by molar-refractivity contribution is 5.70. The van der Waals surface area contributed by atoms with Crippen molar-refractivity contribution in [2.24, 2.45) is 11.3 Å². The second-order valence-electron chi connectivity index (χ2n) is 8.35. The number of methoxy groups -OCH3 is 2. The largest absolute Gasteiger partial charge is 0.497 e. The molecule has 0 aromatic heterocycles. The molecule has 0 saturated heterocycles. The van der Waals surface area contributed by atoms with Crippen LogP contribution in [0.4, 0.5) is 4.39 Å². The number of hydrogen-bond donors (Lipinski definition) is 0. The van der Waals surface area contributed by atoms with E-state index >= 15 is 0 Å². The number of halogens is 1. The Bertz CT molecular complexity index is 744. The van der Waals surface area contributed by atoms with E-state index in [1.807, 2.05) is 6.07 Å². The Morgan fingerprint density at radius 1 is 0.962 bits per heavy atom. The maximum Gasteiger partial charge on any atom is 0.131 e. The van der Waals surface area contributed by atoms with Crippen LogP contribution in [0.1, 0.15) is 51.8 Å². The molecule has 1 atom stereocenters. The molecule has 2 aromatic carbocycles. The molecule has 0 spiro atoms. The minimum absolute atomic E-state index is 0.116. The predicted molar refractivity (Wildman–Crippen MR) is 106 cm³/mol. The van der Waals surface area contributed by atoms with Crippen LogP contribution in [0.25, 0.3) is 11.1 Å². The zero-order valence-corrected chi connectivity index (χ0v) is 17.0. The summed E-state index contributed by atoms with van der Waals surface area (Å²) in [6, 6.07) is 11.1. The molecule has 2 aromatic rings. The summed E-state index contributed by atoms with van der Waals surface area (Å²) in [5.41, 5.74) is 3.55. The van der Waals surface area contributed by atoms with Crippen molar-refractivity contribution < 1.29 is 13.9 Å². The smallest absolute Gasteiger partial charge is 0.131 e. The molecule has 3 heteroatoms. The van der Waals surface area contributed by atoms with Gasteiger partial charge in [0, 0.05) is 12.7 Å². The van der Waals surface area contributed by atoms with Crippen molar-refractivity contribution in [2.75, 3.05) is 14.2 Å². The third-order valence-corrected chi connectivity index (χ3v) is 4.53. The summed E-state index contributed by atoms with van der Waals surface area (Å²) in [6.45, 7) is 10.8. The van der Waals surface area contributed by atoms with Crippen LogP contribution >= 0.6 is 0 Å². The second kappa shape index (κ2) is 8.22. The van der Waals surface area contributed by atoms with Gasteiger partial charge in [0.15, 0.2) is 0 Å². The molecule has 0 N–H and O–H groups in total. The number of hydrogen-bond acceptors (Lipinski definition) is 2. The fraction of sp³-hybridized carbons (Fsp3) is 0.478. The fourth-order valence-corrected chi connectivity index (χ4v) is 3.46. The summed E-state index contributed by atoms with van der Waals surface area (Å²) in [5.74, 6) is 0.939. The van der Waals surface area contributed by atoms with Crippen LogP contribution in [-0.4, -0.2) is 14.2 Å². The minimum Gasteiger partial charge on any atom is -0.497 e. The molecule has 142 valence electrons. The molecular formula is C23H31FO2. The Kier molecular flexibility index (Phi) is 6.46. The third-order valence-electron chi connectivity index (χ3n) is 4.53. The van der Waals surface area contributed by atoms with Crippen LogP contribution in [-0.2, 0) is 11.2 Å². The van der Waals surface area contributed by atoms with Gasteiger partial charge in [-0.15, -0.1) is 0 Å². The highest BCUT2D eigenvalue weighted by atomic mass is 19.1. The van der Waals surface area contributed by atoms with Crippen LogP contribution in [0, 0.1) is 17.2 Å². The lowest BCUT2D eigenvalue weighted by Gasteiger charge is -2.32. The molecular weight excluding hydrogens is 327 g/mol. The maximum atomic E-state index is 14.6. The predicted octanol–water partition coefficient (Wildman–Crippen LogP) is 6.43. The molecule has 0 amide bonds. The normalized spacial score (nSPS) is 13.1. The van der Waals surface area contributed by atoms with Gasteiger partial charge in [0.2, 0.25) is 0 Å². The van der Waals surface area contributed by atoms with Gasteiger partial charge in [-0.05, 0) is 52.6 Å². The Morgan fingerprint density at radius 3 is 2.19 bits per heavy atom. The first-order chi connectivity index (χ1) is 12.2. The highest BCUT2D eigenvalue weighted by Gasteiger charge is 2.29. The first-order valence-electron chi connectivity index (χ1n) is 9.17. The topological polar surface area (TPSA) is 18.5 Å². The van der Waals surface area contributed by atoms with Gasteiger partial charge in [0.05, 0.1) is 13.2 Å².